The van der Waals surface area contributed by atoms with Crippen LogP contribution in [0.3, 0.4) is 0 Å². The van der Waals surface area contributed by atoms with Crippen LogP contribution in [0.1, 0.15) is 36.5 Å². The highest BCUT2D eigenvalue weighted by molar-refractivity contribution is 5.39. The van der Waals surface area contributed by atoms with Crippen LogP contribution in [0.2, 0.25) is 0 Å². The van der Waals surface area contributed by atoms with E-state index in [-0.39, 0.29) is 0 Å². The van der Waals surface area contributed by atoms with Gasteiger partial charge in [-0.1, -0.05) is 32.0 Å². The molecule has 2 nitrogen and oxygen atoms in total. The maximum Gasteiger partial charge on any atom is 0.0719 e. The fourth-order valence-corrected chi connectivity index (χ4v) is 3.42. The molecule has 0 spiro atoms. The van der Waals surface area contributed by atoms with Gasteiger partial charge in [0.25, 0.3) is 0 Å². The van der Waals surface area contributed by atoms with Gasteiger partial charge < -0.3 is 10.5 Å². The Morgan fingerprint density at radius 3 is 2.88 bits per heavy atom. The van der Waals surface area contributed by atoms with E-state index in [9.17, 15) is 0 Å². The lowest BCUT2D eigenvalue weighted by molar-refractivity contribution is 0.110. The van der Waals surface area contributed by atoms with Crippen molar-refractivity contribution < 1.29 is 4.74 Å². The third-order valence-electron chi connectivity index (χ3n) is 4.67. The van der Waals surface area contributed by atoms with Crippen LogP contribution in [-0.4, -0.2) is 13.2 Å². The minimum absolute atomic E-state index is 0.383. The Morgan fingerprint density at radius 1 is 1.35 bits per heavy atom. The van der Waals surface area contributed by atoms with Gasteiger partial charge in [0.1, 0.15) is 0 Å². The van der Waals surface area contributed by atoms with E-state index in [1.54, 1.807) is 0 Å². The Hall–Kier alpha value is -0.860. The Labute approximate surface area is 103 Å². The standard InChI is InChI=1S/C15H21NO/c1-15(2)13(8-16)14(15)11-3-4-12-9-17-6-5-10(12)7-11/h3-4,7,13-14H,5-6,8-9,16H2,1-2H3/t13-,14-/m0/s1. The number of ether oxygens (including phenoxy) is 1. The van der Waals surface area contributed by atoms with Gasteiger partial charge in [-0.05, 0) is 46.9 Å². The molecular formula is C15H21NO. The zero-order valence-corrected chi connectivity index (χ0v) is 10.7. The molecule has 2 N–H and O–H groups in total. The van der Waals surface area contributed by atoms with E-state index in [0.717, 1.165) is 26.2 Å². The van der Waals surface area contributed by atoms with Gasteiger partial charge in [0.2, 0.25) is 0 Å². The number of hydrogen-bond acceptors (Lipinski definition) is 2. The first kappa shape index (κ1) is 11.2. The quantitative estimate of drug-likeness (QED) is 0.848. The predicted octanol–water partition coefficient (Wildman–Crippen LogP) is 2.46. The molecule has 0 unspecified atom stereocenters. The second-order valence-electron chi connectivity index (χ2n) is 5.97. The monoisotopic (exact) mass is 231 g/mol. The van der Waals surface area contributed by atoms with Gasteiger partial charge in [0.05, 0.1) is 13.2 Å². The number of nitrogens with two attached hydrogens (primary N) is 1. The van der Waals surface area contributed by atoms with Crippen molar-refractivity contribution in [1.82, 2.24) is 0 Å². The first-order valence-corrected chi connectivity index (χ1v) is 6.54. The number of hydrogen-bond donors (Lipinski definition) is 1. The predicted molar refractivity (Wildman–Crippen MR) is 68.9 cm³/mol. The van der Waals surface area contributed by atoms with Gasteiger partial charge >= 0.3 is 0 Å². The van der Waals surface area contributed by atoms with Crippen LogP contribution < -0.4 is 5.73 Å². The van der Waals surface area contributed by atoms with Gasteiger partial charge in [-0.2, -0.15) is 0 Å². The smallest absolute Gasteiger partial charge is 0.0719 e. The second-order valence-corrected chi connectivity index (χ2v) is 5.97. The molecule has 3 rings (SSSR count). The molecule has 1 saturated carbocycles. The van der Waals surface area contributed by atoms with Gasteiger partial charge in [-0.3, -0.25) is 0 Å². The van der Waals surface area contributed by atoms with Crippen LogP contribution in [0.15, 0.2) is 18.2 Å². The van der Waals surface area contributed by atoms with Crippen molar-refractivity contribution in [2.45, 2.75) is 32.8 Å². The zero-order chi connectivity index (χ0) is 12.0. The number of benzene rings is 1. The Bertz CT molecular complexity index is 439. The van der Waals surface area contributed by atoms with Crippen molar-refractivity contribution in [3.05, 3.63) is 34.9 Å². The van der Waals surface area contributed by atoms with Crippen molar-refractivity contribution in [2.24, 2.45) is 17.1 Å². The highest BCUT2D eigenvalue weighted by Gasteiger charge is 2.57. The van der Waals surface area contributed by atoms with Gasteiger partial charge in [-0.15, -0.1) is 0 Å². The zero-order valence-electron chi connectivity index (χ0n) is 10.7. The first-order chi connectivity index (χ1) is 8.14. The first-order valence-electron chi connectivity index (χ1n) is 6.54. The fourth-order valence-electron chi connectivity index (χ4n) is 3.42. The van der Waals surface area contributed by atoms with E-state index >= 15 is 0 Å². The summed E-state index contributed by atoms with van der Waals surface area (Å²) in [5.41, 5.74) is 10.6. The molecular weight excluding hydrogens is 210 g/mol. The summed E-state index contributed by atoms with van der Waals surface area (Å²) in [4.78, 5) is 0. The Balaban J connectivity index is 1.90. The van der Waals surface area contributed by atoms with Crippen molar-refractivity contribution in [1.29, 1.82) is 0 Å². The molecule has 0 saturated heterocycles. The highest BCUT2D eigenvalue weighted by Crippen LogP contribution is 2.63. The molecule has 1 heterocycles. The Morgan fingerprint density at radius 2 is 2.18 bits per heavy atom. The summed E-state index contributed by atoms with van der Waals surface area (Å²) in [6, 6.07) is 6.90. The average Bonchev–Trinajstić information content (AvgIpc) is 2.90. The molecule has 2 aliphatic rings. The van der Waals surface area contributed by atoms with E-state index in [2.05, 4.69) is 32.0 Å². The van der Waals surface area contributed by atoms with Crippen molar-refractivity contribution in [3.8, 4) is 0 Å². The minimum atomic E-state index is 0.383. The molecule has 0 aromatic heterocycles. The molecule has 1 aliphatic carbocycles. The third kappa shape index (κ3) is 1.71. The molecule has 1 aliphatic heterocycles. The average molecular weight is 231 g/mol. The molecule has 2 atom stereocenters. The molecule has 0 bridgehead atoms. The molecule has 1 aromatic rings. The largest absolute Gasteiger partial charge is 0.376 e. The van der Waals surface area contributed by atoms with Gasteiger partial charge in [0.15, 0.2) is 0 Å². The lowest BCUT2D eigenvalue weighted by Crippen LogP contribution is -2.10. The summed E-state index contributed by atoms with van der Waals surface area (Å²) < 4.78 is 5.48. The van der Waals surface area contributed by atoms with Crippen molar-refractivity contribution >= 4 is 0 Å². The van der Waals surface area contributed by atoms with Crippen LogP contribution in [-0.2, 0) is 17.8 Å². The van der Waals surface area contributed by atoms with Gasteiger partial charge in [-0.25, -0.2) is 0 Å². The minimum Gasteiger partial charge on any atom is -0.376 e. The number of fused-ring (bicyclic) bond motifs is 1. The molecule has 0 radical (unpaired) electrons. The van der Waals surface area contributed by atoms with Crippen LogP contribution >= 0.6 is 0 Å². The summed E-state index contributed by atoms with van der Waals surface area (Å²) in [6.07, 6.45) is 1.06. The summed E-state index contributed by atoms with van der Waals surface area (Å²) in [5.74, 6) is 1.31. The Kier molecular flexibility index (Phi) is 2.53. The summed E-state index contributed by atoms with van der Waals surface area (Å²) in [6.45, 7) is 7.11. The maximum atomic E-state index is 5.85. The third-order valence-corrected chi connectivity index (χ3v) is 4.67. The van der Waals surface area contributed by atoms with Crippen LogP contribution in [0.4, 0.5) is 0 Å². The second kappa shape index (κ2) is 3.82. The summed E-state index contributed by atoms with van der Waals surface area (Å²) >= 11 is 0. The van der Waals surface area contributed by atoms with Crippen molar-refractivity contribution in [3.63, 3.8) is 0 Å². The summed E-state index contributed by atoms with van der Waals surface area (Å²) in [7, 11) is 0. The van der Waals surface area contributed by atoms with Crippen LogP contribution in [0.25, 0.3) is 0 Å². The lowest BCUT2D eigenvalue weighted by Gasteiger charge is -2.17. The van der Waals surface area contributed by atoms with E-state index < -0.39 is 0 Å². The molecule has 17 heavy (non-hydrogen) atoms. The molecule has 2 heteroatoms. The molecule has 92 valence electrons. The van der Waals surface area contributed by atoms with Crippen LogP contribution in [0.5, 0.6) is 0 Å². The summed E-state index contributed by atoms with van der Waals surface area (Å²) in [5, 5.41) is 0. The van der Waals surface area contributed by atoms with E-state index in [4.69, 9.17) is 10.5 Å². The molecule has 1 aromatic carbocycles. The van der Waals surface area contributed by atoms with E-state index in [0.29, 0.717) is 17.3 Å². The molecule has 0 amide bonds. The van der Waals surface area contributed by atoms with E-state index in [1.165, 1.54) is 16.7 Å². The van der Waals surface area contributed by atoms with Crippen LogP contribution in [0, 0.1) is 11.3 Å². The topological polar surface area (TPSA) is 35.2 Å². The normalized spacial score (nSPS) is 29.8. The van der Waals surface area contributed by atoms with E-state index in [1.807, 2.05) is 0 Å². The van der Waals surface area contributed by atoms with Gasteiger partial charge in [0, 0.05) is 0 Å². The lowest BCUT2D eigenvalue weighted by atomic mass is 9.96. The maximum absolute atomic E-state index is 5.85. The SMILES string of the molecule is CC1(C)[C@@H](CN)[C@@H]1c1ccc2c(c1)CCOC2. The highest BCUT2D eigenvalue weighted by atomic mass is 16.5. The molecule has 1 fully saturated rings. The van der Waals surface area contributed by atoms with Crippen molar-refractivity contribution in [2.75, 3.05) is 13.2 Å². The fraction of sp³-hybridized carbons (Fsp3) is 0.600. The number of rotatable bonds is 2.